The molecule has 0 saturated heterocycles. The normalized spacial score (nSPS) is 15.2. The summed E-state index contributed by atoms with van der Waals surface area (Å²) in [5.74, 6) is 1.04. The van der Waals surface area contributed by atoms with Gasteiger partial charge in [-0.2, -0.15) is 0 Å². The summed E-state index contributed by atoms with van der Waals surface area (Å²) in [6.45, 7) is 0. The molecule has 76 valence electrons. The Morgan fingerprint density at radius 2 is 2.07 bits per heavy atom. The molecule has 2 rings (SSSR count). The third-order valence-corrected chi connectivity index (χ3v) is 3.42. The zero-order chi connectivity index (χ0) is 9.80. The van der Waals surface area contributed by atoms with Crippen LogP contribution in [0.25, 0.3) is 0 Å². The van der Waals surface area contributed by atoms with Gasteiger partial charge in [-0.25, -0.2) is 0 Å². The first-order chi connectivity index (χ1) is 6.92. The molecule has 1 aliphatic rings. The zero-order valence-electron chi connectivity index (χ0n) is 8.46. The predicted molar refractivity (Wildman–Crippen MR) is 63.4 cm³/mol. The predicted octanol–water partition coefficient (Wildman–Crippen LogP) is 2.71. The van der Waals surface area contributed by atoms with Gasteiger partial charge in [-0.15, -0.1) is 0 Å². The van der Waals surface area contributed by atoms with Crippen molar-refractivity contribution in [2.45, 2.75) is 32.1 Å². The molecule has 0 aromatic heterocycles. The summed E-state index contributed by atoms with van der Waals surface area (Å²) in [5, 5.41) is 5.47. The number of hydrogen-bond acceptors (Lipinski definition) is 2. The van der Waals surface area contributed by atoms with E-state index in [0.29, 0.717) is 0 Å². The number of aryl methyl sites for hydroxylation is 2. The molecule has 0 heterocycles. The van der Waals surface area contributed by atoms with E-state index in [0.717, 1.165) is 12.2 Å². The molecule has 1 aromatic rings. The molecule has 1 nitrogen and oxygen atoms in total. The monoisotopic (exact) mass is 207 g/mol. The van der Waals surface area contributed by atoms with Crippen LogP contribution in [0.2, 0.25) is 0 Å². The molecule has 0 radical (unpaired) electrons. The number of nitrogens with two attached hydrogens (primary N) is 1. The molecule has 0 saturated carbocycles. The molecule has 0 bridgehead atoms. The molecule has 14 heavy (non-hydrogen) atoms. The van der Waals surface area contributed by atoms with Crippen molar-refractivity contribution in [3.63, 3.8) is 0 Å². The van der Waals surface area contributed by atoms with Crippen LogP contribution in [0, 0.1) is 0 Å². The van der Waals surface area contributed by atoms with Crippen molar-refractivity contribution in [2.75, 3.05) is 5.75 Å². The number of rotatable bonds is 3. The summed E-state index contributed by atoms with van der Waals surface area (Å²) >= 11 is 1.45. The molecular formula is C12H17NS. The van der Waals surface area contributed by atoms with E-state index >= 15 is 0 Å². The minimum absolute atomic E-state index is 1.04. The zero-order valence-corrected chi connectivity index (χ0v) is 9.28. The maximum absolute atomic E-state index is 5.47. The minimum atomic E-state index is 1.04. The Hall–Kier alpha value is -0.470. The van der Waals surface area contributed by atoms with Crippen LogP contribution < -0.4 is 5.14 Å². The lowest BCUT2D eigenvalue weighted by atomic mass is 9.87. The third kappa shape index (κ3) is 2.12. The van der Waals surface area contributed by atoms with E-state index in [2.05, 4.69) is 18.2 Å². The lowest BCUT2D eigenvalue weighted by Gasteiger charge is -2.19. The van der Waals surface area contributed by atoms with Crippen molar-refractivity contribution in [3.8, 4) is 0 Å². The maximum Gasteiger partial charge on any atom is 0.0117 e. The van der Waals surface area contributed by atoms with Crippen LogP contribution in [-0.2, 0) is 19.3 Å². The van der Waals surface area contributed by atoms with Gasteiger partial charge in [0.05, 0.1) is 0 Å². The highest BCUT2D eigenvalue weighted by Gasteiger charge is 2.11. The summed E-state index contributed by atoms with van der Waals surface area (Å²) in [5.41, 5.74) is 4.73. The first kappa shape index (κ1) is 10.1. The smallest absolute Gasteiger partial charge is 0.0117 e. The largest absolute Gasteiger partial charge is 0.278 e. The van der Waals surface area contributed by atoms with Gasteiger partial charge < -0.3 is 0 Å². The average molecular weight is 207 g/mol. The van der Waals surface area contributed by atoms with E-state index in [1.165, 1.54) is 43.2 Å². The molecular weight excluding hydrogens is 190 g/mol. The van der Waals surface area contributed by atoms with Crippen LogP contribution in [0.5, 0.6) is 0 Å². The quantitative estimate of drug-likeness (QED) is 0.771. The van der Waals surface area contributed by atoms with Crippen LogP contribution in [0.4, 0.5) is 0 Å². The summed E-state index contributed by atoms with van der Waals surface area (Å²) < 4.78 is 0. The van der Waals surface area contributed by atoms with Gasteiger partial charge in [-0.3, -0.25) is 5.14 Å². The molecule has 0 amide bonds. The van der Waals surface area contributed by atoms with Gasteiger partial charge in [0.25, 0.3) is 0 Å². The Labute approximate surface area is 90.2 Å². The fourth-order valence-corrected chi connectivity index (χ4v) is 2.60. The number of hydrogen-bond donors (Lipinski definition) is 1. The highest BCUT2D eigenvalue weighted by molar-refractivity contribution is 7.97. The average Bonchev–Trinajstić information content (AvgIpc) is 2.26. The van der Waals surface area contributed by atoms with E-state index < -0.39 is 0 Å². The fourth-order valence-electron chi connectivity index (χ4n) is 2.26. The van der Waals surface area contributed by atoms with Gasteiger partial charge in [0.1, 0.15) is 0 Å². The molecule has 0 atom stereocenters. The van der Waals surface area contributed by atoms with Gasteiger partial charge in [0.15, 0.2) is 0 Å². The second-order valence-electron chi connectivity index (χ2n) is 3.88. The highest BCUT2D eigenvalue weighted by Crippen LogP contribution is 2.24. The minimum Gasteiger partial charge on any atom is -0.278 e. The highest BCUT2D eigenvalue weighted by atomic mass is 32.2. The molecule has 0 fully saturated rings. The summed E-state index contributed by atoms with van der Waals surface area (Å²) in [7, 11) is 0. The van der Waals surface area contributed by atoms with Gasteiger partial charge in [0.2, 0.25) is 0 Å². The van der Waals surface area contributed by atoms with Gasteiger partial charge >= 0.3 is 0 Å². The van der Waals surface area contributed by atoms with Gasteiger partial charge in [-0.1, -0.05) is 30.1 Å². The van der Waals surface area contributed by atoms with Gasteiger partial charge in [0, 0.05) is 5.75 Å². The van der Waals surface area contributed by atoms with Crippen LogP contribution >= 0.6 is 11.9 Å². The second-order valence-corrected chi connectivity index (χ2v) is 4.62. The van der Waals surface area contributed by atoms with Crippen molar-refractivity contribution in [3.05, 3.63) is 34.9 Å². The molecule has 0 aliphatic heterocycles. The maximum atomic E-state index is 5.47. The summed E-state index contributed by atoms with van der Waals surface area (Å²) in [4.78, 5) is 0. The van der Waals surface area contributed by atoms with E-state index in [-0.39, 0.29) is 0 Å². The number of fused-ring (bicyclic) bond motifs is 1. The van der Waals surface area contributed by atoms with Crippen molar-refractivity contribution < 1.29 is 0 Å². The van der Waals surface area contributed by atoms with Gasteiger partial charge in [-0.05, 0) is 48.8 Å². The van der Waals surface area contributed by atoms with E-state index in [1.54, 1.807) is 11.1 Å². The SMILES string of the molecule is NSCCc1cccc2c1CCCC2. The summed E-state index contributed by atoms with van der Waals surface area (Å²) in [6.07, 6.45) is 6.41. The number of benzene rings is 1. The Morgan fingerprint density at radius 3 is 2.93 bits per heavy atom. The molecule has 1 aliphatic carbocycles. The Kier molecular flexibility index (Phi) is 3.49. The van der Waals surface area contributed by atoms with Crippen LogP contribution in [0.15, 0.2) is 18.2 Å². The standard InChI is InChI=1S/C12H17NS/c13-14-9-8-11-6-3-5-10-4-1-2-7-12(10)11/h3,5-6H,1-2,4,7-9,13H2. The second kappa shape index (κ2) is 4.85. The molecule has 2 N–H and O–H groups in total. The molecule has 0 unspecified atom stereocenters. The molecule has 2 heteroatoms. The van der Waals surface area contributed by atoms with Crippen LogP contribution in [0.3, 0.4) is 0 Å². The van der Waals surface area contributed by atoms with Crippen LogP contribution in [0.1, 0.15) is 29.5 Å². The molecule has 0 spiro atoms. The van der Waals surface area contributed by atoms with Crippen molar-refractivity contribution in [1.82, 2.24) is 0 Å². The Morgan fingerprint density at radius 1 is 1.21 bits per heavy atom. The van der Waals surface area contributed by atoms with Crippen molar-refractivity contribution >= 4 is 11.9 Å². The van der Waals surface area contributed by atoms with E-state index in [1.807, 2.05) is 0 Å². The molecule has 1 aromatic carbocycles. The lowest BCUT2D eigenvalue weighted by Crippen LogP contribution is -2.07. The van der Waals surface area contributed by atoms with Crippen LogP contribution in [-0.4, -0.2) is 5.75 Å². The Balaban J connectivity index is 2.21. The van der Waals surface area contributed by atoms with Crippen molar-refractivity contribution in [2.24, 2.45) is 5.14 Å². The first-order valence-electron chi connectivity index (χ1n) is 5.33. The topological polar surface area (TPSA) is 26.0 Å². The fraction of sp³-hybridized carbons (Fsp3) is 0.500. The van der Waals surface area contributed by atoms with E-state index in [9.17, 15) is 0 Å². The summed E-state index contributed by atoms with van der Waals surface area (Å²) in [6, 6.07) is 6.74. The van der Waals surface area contributed by atoms with E-state index in [4.69, 9.17) is 5.14 Å². The lowest BCUT2D eigenvalue weighted by molar-refractivity contribution is 0.679. The Bertz CT molecular complexity index is 309. The third-order valence-electron chi connectivity index (χ3n) is 2.98. The van der Waals surface area contributed by atoms with Crippen molar-refractivity contribution in [1.29, 1.82) is 0 Å². The first-order valence-corrected chi connectivity index (χ1v) is 6.38.